The number of hydrogen-bond donors (Lipinski definition) is 1. The number of carbonyl (C=O) groups excluding carboxylic acids is 1. The van der Waals surface area contributed by atoms with Gasteiger partial charge in [0.15, 0.2) is 6.10 Å². The van der Waals surface area contributed by atoms with Crippen molar-refractivity contribution in [3.8, 4) is 17.6 Å². The number of piperidine rings is 2. The van der Waals surface area contributed by atoms with Crippen LogP contribution in [-0.2, 0) is 17.8 Å². The molecule has 0 radical (unpaired) electrons. The molecule has 2 fully saturated rings. The molecule has 7 nitrogen and oxygen atoms in total. The fraction of sp³-hybridized carbons (Fsp3) is 0.412. The van der Waals surface area contributed by atoms with Crippen molar-refractivity contribution in [2.45, 2.75) is 63.8 Å². The Balaban J connectivity index is 0.943. The lowest BCUT2D eigenvalue weighted by Crippen LogP contribution is -2.48. The molecule has 6 rings (SSSR count). The zero-order valence-corrected chi connectivity index (χ0v) is 23.7. The fourth-order valence-corrected chi connectivity index (χ4v) is 6.08. The van der Waals surface area contributed by atoms with Crippen LogP contribution in [0, 0.1) is 18.3 Å². The van der Waals surface area contributed by atoms with Crippen molar-refractivity contribution in [1.82, 2.24) is 10.2 Å². The summed E-state index contributed by atoms with van der Waals surface area (Å²) in [4.78, 5) is 17.9. The molecule has 3 aliphatic heterocycles. The molecule has 0 spiro atoms. The highest BCUT2D eigenvalue weighted by Crippen LogP contribution is 2.34. The number of aryl methyl sites for hydroxylation is 1. The van der Waals surface area contributed by atoms with Crippen LogP contribution in [-0.4, -0.2) is 55.2 Å². The largest absolute Gasteiger partial charge is 0.490 e. The molecule has 3 aromatic carbocycles. The topological polar surface area (TPSA) is 77.8 Å². The van der Waals surface area contributed by atoms with E-state index in [9.17, 15) is 4.79 Å². The molecule has 0 saturated carbocycles. The number of benzene rings is 3. The number of ether oxygens (including phenoxy) is 2. The van der Waals surface area contributed by atoms with Gasteiger partial charge in [-0.15, -0.1) is 0 Å². The lowest BCUT2D eigenvalue weighted by Gasteiger charge is -2.33. The molecule has 41 heavy (non-hydrogen) atoms. The Kier molecular flexibility index (Phi) is 8.11. The minimum Gasteiger partial charge on any atom is -0.490 e. The molecule has 1 amide bonds. The molecule has 3 aliphatic rings. The number of likely N-dealkylation sites (tertiary alicyclic amines) is 1. The summed E-state index contributed by atoms with van der Waals surface area (Å²) in [6.45, 7) is 6.80. The van der Waals surface area contributed by atoms with Crippen molar-refractivity contribution in [2.24, 2.45) is 0 Å². The van der Waals surface area contributed by atoms with E-state index in [1.54, 1.807) is 0 Å². The van der Waals surface area contributed by atoms with Crippen molar-refractivity contribution >= 4 is 11.6 Å². The van der Waals surface area contributed by atoms with Gasteiger partial charge in [0, 0.05) is 69.8 Å². The number of amides is 1. The third kappa shape index (κ3) is 6.66. The Morgan fingerprint density at radius 2 is 1.71 bits per heavy atom. The third-order valence-electron chi connectivity index (χ3n) is 8.57. The van der Waals surface area contributed by atoms with Crippen LogP contribution in [0.25, 0.3) is 0 Å². The molecule has 0 bridgehead atoms. The van der Waals surface area contributed by atoms with Crippen molar-refractivity contribution in [2.75, 3.05) is 31.1 Å². The lowest BCUT2D eigenvalue weighted by molar-refractivity contribution is -0.128. The van der Waals surface area contributed by atoms with Gasteiger partial charge in [0.05, 0.1) is 11.6 Å². The summed E-state index contributed by atoms with van der Waals surface area (Å²) in [7, 11) is 0. The minimum atomic E-state index is -0.491. The molecule has 1 N–H and O–H groups in total. The molecular formula is C34H38N4O3. The Hall–Kier alpha value is -4.02. The van der Waals surface area contributed by atoms with Gasteiger partial charge in [0.25, 0.3) is 5.91 Å². The monoisotopic (exact) mass is 550 g/mol. The van der Waals surface area contributed by atoms with Crippen LogP contribution in [0.3, 0.4) is 0 Å². The van der Waals surface area contributed by atoms with Crippen LogP contribution < -0.4 is 19.7 Å². The van der Waals surface area contributed by atoms with Gasteiger partial charge in [0.1, 0.15) is 17.6 Å². The van der Waals surface area contributed by atoms with Crippen molar-refractivity contribution in [3.05, 3.63) is 89.0 Å². The quantitative estimate of drug-likeness (QED) is 0.446. The number of fused-ring (bicyclic) bond motifs is 1. The highest BCUT2D eigenvalue weighted by Gasteiger charge is 2.32. The number of nitriles is 1. The molecule has 3 heterocycles. The summed E-state index contributed by atoms with van der Waals surface area (Å²) >= 11 is 0. The average molecular weight is 551 g/mol. The number of carbonyl (C=O) groups is 1. The van der Waals surface area contributed by atoms with Crippen LogP contribution in [0.4, 0.5) is 5.69 Å². The summed E-state index contributed by atoms with van der Waals surface area (Å²) in [5, 5.41) is 12.2. The van der Waals surface area contributed by atoms with E-state index >= 15 is 0 Å². The fourth-order valence-electron chi connectivity index (χ4n) is 6.08. The van der Waals surface area contributed by atoms with E-state index in [0.29, 0.717) is 12.0 Å². The molecule has 1 unspecified atom stereocenters. The third-order valence-corrected chi connectivity index (χ3v) is 8.57. The molecule has 3 aromatic rings. The Labute approximate surface area is 242 Å². The number of nitrogens with zero attached hydrogens (tertiary/aromatic N) is 3. The molecule has 0 aromatic heterocycles. The van der Waals surface area contributed by atoms with Gasteiger partial charge >= 0.3 is 0 Å². The Bertz CT molecular complexity index is 1380. The van der Waals surface area contributed by atoms with Gasteiger partial charge in [-0.05, 0) is 61.2 Å². The highest BCUT2D eigenvalue weighted by molar-refractivity contribution is 5.82. The zero-order chi connectivity index (χ0) is 28.2. The van der Waals surface area contributed by atoms with Crippen LogP contribution in [0.15, 0.2) is 66.7 Å². The maximum absolute atomic E-state index is 13.1. The van der Waals surface area contributed by atoms with E-state index in [-0.39, 0.29) is 18.1 Å². The standard InChI is InChI=1S/C34H38N4O3/c1-24-2-9-29(10-3-24)38-18-14-30(15-19-38)40-31-11-8-27-20-33(41-32(27)21-31)34(39)36-28-12-16-37(17-13-28)23-26-6-4-25(22-35)5-7-26/h2-11,21,28,30,33H,12-20,23H2,1H3,(H,36,39). The van der Waals surface area contributed by atoms with Gasteiger partial charge in [-0.3, -0.25) is 9.69 Å². The first kappa shape index (κ1) is 27.2. The summed E-state index contributed by atoms with van der Waals surface area (Å²) in [6, 6.07) is 24.8. The maximum Gasteiger partial charge on any atom is 0.261 e. The van der Waals surface area contributed by atoms with Gasteiger partial charge in [-0.25, -0.2) is 0 Å². The van der Waals surface area contributed by atoms with Gasteiger partial charge < -0.3 is 19.7 Å². The predicted molar refractivity (Wildman–Crippen MR) is 159 cm³/mol. The number of hydrogen-bond acceptors (Lipinski definition) is 6. The van der Waals surface area contributed by atoms with E-state index in [4.69, 9.17) is 14.7 Å². The normalized spacial score (nSPS) is 19.7. The number of nitrogens with one attached hydrogen (secondary N) is 1. The van der Waals surface area contributed by atoms with E-state index in [2.05, 4.69) is 52.4 Å². The minimum absolute atomic E-state index is 0.0299. The smallest absolute Gasteiger partial charge is 0.261 e. The van der Waals surface area contributed by atoms with Crippen molar-refractivity contribution < 1.29 is 14.3 Å². The van der Waals surface area contributed by atoms with Crippen LogP contribution >= 0.6 is 0 Å². The SMILES string of the molecule is Cc1ccc(N2CCC(Oc3ccc4c(c3)OC(C(=O)NC3CCN(Cc5ccc(C#N)cc5)CC3)C4)CC2)cc1. The molecule has 2 saturated heterocycles. The zero-order valence-electron chi connectivity index (χ0n) is 23.7. The summed E-state index contributed by atoms with van der Waals surface area (Å²) in [6.07, 6.45) is 4.07. The lowest BCUT2D eigenvalue weighted by atomic mass is 10.0. The first-order valence-corrected chi connectivity index (χ1v) is 14.8. The van der Waals surface area contributed by atoms with E-state index in [0.717, 1.165) is 75.5 Å². The van der Waals surface area contributed by atoms with Crippen molar-refractivity contribution in [1.29, 1.82) is 5.26 Å². The van der Waals surface area contributed by atoms with Gasteiger partial charge in [0.2, 0.25) is 0 Å². The van der Waals surface area contributed by atoms with Crippen molar-refractivity contribution in [3.63, 3.8) is 0 Å². The summed E-state index contributed by atoms with van der Waals surface area (Å²) in [5.74, 6) is 1.54. The average Bonchev–Trinajstić information content (AvgIpc) is 3.43. The maximum atomic E-state index is 13.1. The Morgan fingerprint density at radius 1 is 0.976 bits per heavy atom. The number of rotatable bonds is 7. The van der Waals surface area contributed by atoms with E-state index in [1.165, 1.54) is 16.8 Å². The number of anilines is 1. The predicted octanol–water partition coefficient (Wildman–Crippen LogP) is 5.00. The highest BCUT2D eigenvalue weighted by atomic mass is 16.5. The first-order chi connectivity index (χ1) is 20.0. The Morgan fingerprint density at radius 3 is 2.41 bits per heavy atom. The summed E-state index contributed by atoms with van der Waals surface area (Å²) in [5.41, 5.74) is 5.51. The second-order valence-electron chi connectivity index (χ2n) is 11.6. The van der Waals surface area contributed by atoms with E-state index in [1.807, 2.05) is 42.5 Å². The van der Waals surface area contributed by atoms with Gasteiger partial charge in [-0.2, -0.15) is 5.26 Å². The molecule has 1 atom stereocenters. The van der Waals surface area contributed by atoms with E-state index < -0.39 is 6.10 Å². The van der Waals surface area contributed by atoms with Crippen LogP contribution in [0.1, 0.15) is 47.9 Å². The van der Waals surface area contributed by atoms with Gasteiger partial charge in [-0.1, -0.05) is 35.9 Å². The summed E-state index contributed by atoms with van der Waals surface area (Å²) < 4.78 is 12.4. The molecule has 0 aliphatic carbocycles. The second-order valence-corrected chi connectivity index (χ2v) is 11.6. The molecular weight excluding hydrogens is 512 g/mol. The van der Waals surface area contributed by atoms with Crippen LogP contribution in [0.5, 0.6) is 11.5 Å². The molecule has 7 heteroatoms. The van der Waals surface area contributed by atoms with Crippen LogP contribution in [0.2, 0.25) is 0 Å². The molecule has 212 valence electrons. The first-order valence-electron chi connectivity index (χ1n) is 14.8. The second kappa shape index (κ2) is 12.2.